The Morgan fingerprint density at radius 3 is 2.72 bits per heavy atom. The van der Waals surface area contributed by atoms with Crippen LogP contribution in [0, 0.1) is 0 Å². The Hall–Kier alpha value is -0.610. The minimum atomic E-state index is -0.201. The summed E-state index contributed by atoms with van der Waals surface area (Å²) in [5.74, 6) is 0.0984. The van der Waals surface area contributed by atoms with Gasteiger partial charge in [-0.2, -0.15) is 0 Å². The van der Waals surface area contributed by atoms with E-state index in [4.69, 9.17) is 4.74 Å². The van der Waals surface area contributed by atoms with Crippen LogP contribution in [0.3, 0.4) is 0 Å². The zero-order valence-electron chi connectivity index (χ0n) is 11.4. The molecule has 18 heavy (non-hydrogen) atoms. The van der Waals surface area contributed by atoms with Crippen LogP contribution in [0.15, 0.2) is 0 Å². The summed E-state index contributed by atoms with van der Waals surface area (Å²) < 4.78 is 6.01. The average Bonchev–Trinajstić information content (AvgIpc) is 2.58. The van der Waals surface area contributed by atoms with Crippen molar-refractivity contribution in [2.75, 3.05) is 13.1 Å². The third-order valence-electron chi connectivity index (χ3n) is 4.01. The molecule has 4 nitrogen and oxygen atoms in total. The van der Waals surface area contributed by atoms with E-state index in [1.54, 1.807) is 0 Å². The van der Waals surface area contributed by atoms with Crippen molar-refractivity contribution in [1.29, 1.82) is 0 Å². The molecule has 1 saturated carbocycles. The lowest BCUT2D eigenvalue weighted by molar-refractivity contribution is -0.138. The number of hydrogen-bond donors (Lipinski definition) is 2. The van der Waals surface area contributed by atoms with Crippen molar-refractivity contribution in [2.45, 2.75) is 70.1 Å². The molecule has 0 aromatic rings. The fourth-order valence-electron chi connectivity index (χ4n) is 2.97. The third-order valence-corrected chi connectivity index (χ3v) is 4.01. The van der Waals surface area contributed by atoms with Gasteiger partial charge in [0.1, 0.15) is 6.10 Å². The molecule has 1 saturated heterocycles. The summed E-state index contributed by atoms with van der Waals surface area (Å²) in [7, 11) is 0. The zero-order valence-corrected chi connectivity index (χ0v) is 11.4. The van der Waals surface area contributed by atoms with Gasteiger partial charge in [0, 0.05) is 12.6 Å². The van der Waals surface area contributed by atoms with E-state index in [9.17, 15) is 4.79 Å². The van der Waals surface area contributed by atoms with Crippen molar-refractivity contribution in [1.82, 2.24) is 10.6 Å². The van der Waals surface area contributed by atoms with Crippen LogP contribution in [0.2, 0.25) is 0 Å². The maximum Gasteiger partial charge on any atom is 0.249 e. The van der Waals surface area contributed by atoms with Crippen molar-refractivity contribution in [2.24, 2.45) is 0 Å². The molecule has 0 bridgehead atoms. The Kier molecular flexibility index (Phi) is 5.45. The minimum absolute atomic E-state index is 0.0984. The predicted octanol–water partition coefficient (Wildman–Crippen LogP) is 1.59. The molecule has 104 valence electrons. The van der Waals surface area contributed by atoms with Gasteiger partial charge in [0.15, 0.2) is 0 Å². The Morgan fingerprint density at radius 1 is 1.22 bits per heavy atom. The molecule has 1 aliphatic heterocycles. The molecule has 2 N–H and O–H groups in total. The number of ether oxygens (including phenoxy) is 1. The second kappa shape index (κ2) is 7.10. The molecular weight excluding hydrogens is 228 g/mol. The molecule has 1 amide bonds. The van der Waals surface area contributed by atoms with Gasteiger partial charge in [0.2, 0.25) is 5.91 Å². The molecule has 0 radical (unpaired) electrons. The molecule has 0 spiro atoms. The normalized spacial score (nSPS) is 33.8. The summed E-state index contributed by atoms with van der Waals surface area (Å²) in [6.07, 6.45) is 7.66. The van der Waals surface area contributed by atoms with E-state index >= 15 is 0 Å². The summed E-state index contributed by atoms with van der Waals surface area (Å²) in [5, 5.41) is 6.43. The maximum atomic E-state index is 11.8. The van der Waals surface area contributed by atoms with Crippen molar-refractivity contribution in [3.63, 3.8) is 0 Å². The summed E-state index contributed by atoms with van der Waals surface area (Å²) in [5.41, 5.74) is 0. The number of carbonyl (C=O) groups excluding carboxylic acids is 1. The first kappa shape index (κ1) is 13.8. The highest BCUT2D eigenvalue weighted by molar-refractivity contribution is 5.80. The van der Waals surface area contributed by atoms with Gasteiger partial charge < -0.3 is 15.4 Å². The molecule has 1 atom stereocenters. The SMILES string of the molecule is CCNC1CCC(OC2CCCCNC2=O)CC1. The summed E-state index contributed by atoms with van der Waals surface area (Å²) in [6.45, 7) is 4.01. The van der Waals surface area contributed by atoms with Gasteiger partial charge in [-0.25, -0.2) is 0 Å². The Labute approximate surface area is 110 Å². The lowest BCUT2D eigenvalue weighted by atomic mass is 9.92. The molecular formula is C14H26N2O2. The fraction of sp³-hybridized carbons (Fsp3) is 0.929. The van der Waals surface area contributed by atoms with Gasteiger partial charge in [-0.3, -0.25) is 4.79 Å². The lowest BCUT2D eigenvalue weighted by Gasteiger charge is -2.31. The Bertz CT molecular complexity index is 263. The number of hydrogen-bond acceptors (Lipinski definition) is 3. The molecule has 2 fully saturated rings. The Balaban J connectivity index is 1.74. The van der Waals surface area contributed by atoms with Crippen LogP contribution < -0.4 is 10.6 Å². The third kappa shape index (κ3) is 3.95. The van der Waals surface area contributed by atoms with E-state index in [1.807, 2.05) is 0 Å². The average molecular weight is 254 g/mol. The minimum Gasteiger partial charge on any atom is -0.365 e. The monoisotopic (exact) mass is 254 g/mol. The molecule has 4 heteroatoms. The van der Waals surface area contributed by atoms with Crippen molar-refractivity contribution >= 4 is 5.91 Å². The first-order valence-corrected chi connectivity index (χ1v) is 7.46. The second-order valence-electron chi connectivity index (χ2n) is 5.44. The molecule has 1 aliphatic carbocycles. The lowest BCUT2D eigenvalue weighted by Crippen LogP contribution is -2.40. The molecule has 1 unspecified atom stereocenters. The van der Waals surface area contributed by atoms with Crippen LogP contribution in [-0.4, -0.2) is 37.2 Å². The van der Waals surface area contributed by atoms with Crippen LogP contribution in [0.5, 0.6) is 0 Å². The van der Waals surface area contributed by atoms with Gasteiger partial charge in [0.25, 0.3) is 0 Å². The maximum absolute atomic E-state index is 11.8. The summed E-state index contributed by atoms with van der Waals surface area (Å²) in [6, 6.07) is 0.651. The van der Waals surface area contributed by atoms with Gasteiger partial charge in [-0.1, -0.05) is 6.92 Å². The topological polar surface area (TPSA) is 50.4 Å². The van der Waals surface area contributed by atoms with Crippen LogP contribution in [-0.2, 0) is 9.53 Å². The predicted molar refractivity (Wildman–Crippen MR) is 71.5 cm³/mol. The highest BCUT2D eigenvalue weighted by atomic mass is 16.5. The number of carbonyl (C=O) groups is 1. The summed E-state index contributed by atoms with van der Waals surface area (Å²) >= 11 is 0. The smallest absolute Gasteiger partial charge is 0.249 e. The standard InChI is InChI=1S/C14H26N2O2/c1-2-15-11-6-8-12(9-7-11)18-13-5-3-4-10-16-14(13)17/h11-13,15H,2-10H2,1H3,(H,16,17). The molecule has 0 aromatic heterocycles. The van der Waals surface area contributed by atoms with E-state index < -0.39 is 0 Å². The highest BCUT2D eigenvalue weighted by Gasteiger charge is 2.27. The zero-order chi connectivity index (χ0) is 12.8. The second-order valence-corrected chi connectivity index (χ2v) is 5.44. The van der Waals surface area contributed by atoms with E-state index in [0.717, 1.165) is 45.2 Å². The first-order chi connectivity index (χ1) is 8.79. The van der Waals surface area contributed by atoms with Gasteiger partial charge in [-0.15, -0.1) is 0 Å². The quantitative estimate of drug-likeness (QED) is 0.801. The molecule has 2 rings (SSSR count). The van der Waals surface area contributed by atoms with Crippen molar-refractivity contribution in [3.8, 4) is 0 Å². The first-order valence-electron chi connectivity index (χ1n) is 7.46. The van der Waals surface area contributed by atoms with Gasteiger partial charge in [-0.05, 0) is 51.5 Å². The summed E-state index contributed by atoms with van der Waals surface area (Å²) in [4.78, 5) is 11.8. The fourth-order valence-corrected chi connectivity index (χ4v) is 2.97. The van der Waals surface area contributed by atoms with Gasteiger partial charge in [0.05, 0.1) is 6.10 Å². The van der Waals surface area contributed by atoms with Crippen molar-refractivity contribution in [3.05, 3.63) is 0 Å². The number of rotatable bonds is 4. The van der Waals surface area contributed by atoms with Crippen LogP contribution in [0.1, 0.15) is 51.9 Å². The van der Waals surface area contributed by atoms with Crippen molar-refractivity contribution < 1.29 is 9.53 Å². The molecule has 2 aliphatic rings. The largest absolute Gasteiger partial charge is 0.365 e. The molecule has 1 heterocycles. The van der Waals surface area contributed by atoms with E-state index in [-0.39, 0.29) is 18.1 Å². The number of nitrogens with one attached hydrogen (secondary N) is 2. The van der Waals surface area contributed by atoms with E-state index in [2.05, 4.69) is 17.6 Å². The molecule has 0 aromatic carbocycles. The van der Waals surface area contributed by atoms with Crippen LogP contribution in [0.4, 0.5) is 0 Å². The van der Waals surface area contributed by atoms with Crippen LogP contribution in [0.25, 0.3) is 0 Å². The van der Waals surface area contributed by atoms with E-state index in [1.165, 1.54) is 12.8 Å². The highest BCUT2D eigenvalue weighted by Crippen LogP contribution is 2.24. The van der Waals surface area contributed by atoms with Crippen LogP contribution >= 0.6 is 0 Å². The number of amides is 1. The van der Waals surface area contributed by atoms with E-state index in [0.29, 0.717) is 6.04 Å². The van der Waals surface area contributed by atoms with Gasteiger partial charge >= 0.3 is 0 Å². The Morgan fingerprint density at radius 2 is 2.00 bits per heavy atom.